The van der Waals surface area contributed by atoms with E-state index in [0.29, 0.717) is 5.69 Å². The minimum Gasteiger partial charge on any atom is -0.462 e. The van der Waals surface area contributed by atoms with Gasteiger partial charge in [0.05, 0.1) is 0 Å². The van der Waals surface area contributed by atoms with Crippen molar-refractivity contribution < 1.29 is 25.9 Å². The molecule has 2 N–H and O–H groups in total. The van der Waals surface area contributed by atoms with Gasteiger partial charge in [-0.2, -0.15) is 0 Å². The zero-order valence-corrected chi connectivity index (χ0v) is 7.73. The smallest absolute Gasteiger partial charge is 0.154 e. The Morgan fingerprint density at radius 1 is 1.27 bits per heavy atom. The minimum absolute atomic E-state index is 0. The average molecular weight is 231 g/mol. The van der Waals surface area contributed by atoms with Crippen LogP contribution in [0.15, 0.2) is 30.3 Å². The summed E-state index contributed by atoms with van der Waals surface area (Å²) in [6.45, 7) is 0. The number of amides is 2. The molecule has 1 rings (SSSR count). The van der Waals surface area contributed by atoms with Crippen LogP contribution in [-0.4, -0.2) is 6.03 Å². The number of para-hydroxylation sites is 1. The van der Waals surface area contributed by atoms with E-state index in [1.165, 1.54) is 0 Å². The van der Waals surface area contributed by atoms with Gasteiger partial charge in [0.1, 0.15) is 0 Å². The van der Waals surface area contributed by atoms with E-state index in [2.05, 4.69) is 5.32 Å². The van der Waals surface area contributed by atoms with Gasteiger partial charge in [0.15, 0.2) is 6.03 Å². The summed E-state index contributed by atoms with van der Waals surface area (Å²) in [7, 11) is 0. The Morgan fingerprint density at radius 2 is 1.82 bits per heavy atom. The number of benzene rings is 1. The number of carbonyl (C=O) groups is 1. The molecule has 11 heavy (non-hydrogen) atoms. The Morgan fingerprint density at radius 3 is 2.27 bits per heavy atom. The van der Waals surface area contributed by atoms with Crippen molar-refractivity contribution in [3.63, 3.8) is 0 Å². The van der Waals surface area contributed by atoms with Gasteiger partial charge in [0.2, 0.25) is 0 Å². The van der Waals surface area contributed by atoms with Gasteiger partial charge in [-0.25, -0.2) is 0 Å². The molecule has 0 radical (unpaired) electrons. The van der Waals surface area contributed by atoms with Gasteiger partial charge < -0.3 is 11.1 Å². The Kier molecular flexibility index (Phi) is 4.55. The molecule has 1 aromatic rings. The third kappa shape index (κ3) is 3.78. The van der Waals surface area contributed by atoms with E-state index in [-0.39, 0.29) is 21.1 Å². The van der Waals surface area contributed by atoms with Crippen LogP contribution in [0.4, 0.5) is 10.5 Å². The molecule has 1 aromatic carbocycles. The second-order valence-corrected chi connectivity index (χ2v) is 1.79. The van der Waals surface area contributed by atoms with Crippen LogP contribution in [0.2, 0.25) is 0 Å². The van der Waals surface area contributed by atoms with Gasteiger partial charge >= 0.3 is 0 Å². The van der Waals surface area contributed by atoms with Crippen LogP contribution in [0.25, 0.3) is 5.32 Å². The summed E-state index contributed by atoms with van der Waals surface area (Å²) in [6, 6.07) is 8.20. The van der Waals surface area contributed by atoms with Gasteiger partial charge in [0.25, 0.3) is 0 Å². The number of urea groups is 1. The summed E-state index contributed by atoms with van der Waals surface area (Å²) < 4.78 is 0. The SMILES string of the molecule is NC(=O)[N-]c1ccccc1.[Mo]. The van der Waals surface area contributed by atoms with Crippen LogP contribution >= 0.6 is 0 Å². The molecule has 4 heteroatoms. The van der Waals surface area contributed by atoms with E-state index in [1.807, 2.05) is 6.07 Å². The first-order valence-corrected chi connectivity index (χ1v) is 2.85. The van der Waals surface area contributed by atoms with Crippen molar-refractivity contribution in [2.45, 2.75) is 0 Å². The van der Waals surface area contributed by atoms with Gasteiger partial charge in [-0.15, -0.1) is 0 Å². The first-order chi connectivity index (χ1) is 4.79. The quantitative estimate of drug-likeness (QED) is 0.735. The van der Waals surface area contributed by atoms with E-state index in [0.717, 1.165) is 0 Å². The maximum atomic E-state index is 10.2. The van der Waals surface area contributed by atoms with Gasteiger partial charge in [-0.05, 0) is 5.69 Å². The van der Waals surface area contributed by atoms with E-state index in [9.17, 15) is 4.79 Å². The zero-order chi connectivity index (χ0) is 7.40. The molecule has 0 heterocycles. The number of hydrogen-bond acceptors (Lipinski definition) is 1. The Labute approximate surface area is 79.2 Å². The van der Waals surface area contributed by atoms with Gasteiger partial charge in [-0.1, -0.05) is 30.3 Å². The molecule has 0 saturated carbocycles. The number of nitrogens with two attached hydrogens (primary N) is 1. The number of primary amides is 1. The van der Waals surface area contributed by atoms with Gasteiger partial charge in [-0.3, -0.25) is 4.79 Å². The molecule has 0 unspecified atom stereocenters. The van der Waals surface area contributed by atoms with E-state index in [1.54, 1.807) is 24.3 Å². The molecule has 58 valence electrons. The summed E-state index contributed by atoms with van der Waals surface area (Å²) >= 11 is 0. The molecule has 0 aromatic heterocycles. The number of rotatable bonds is 1. The first kappa shape index (κ1) is 10.2. The topological polar surface area (TPSA) is 57.2 Å². The molecule has 0 fully saturated rings. The van der Waals surface area contributed by atoms with Crippen molar-refractivity contribution in [1.82, 2.24) is 0 Å². The van der Waals surface area contributed by atoms with Crippen LogP contribution in [0.1, 0.15) is 0 Å². The maximum absolute atomic E-state index is 10.2. The van der Waals surface area contributed by atoms with E-state index >= 15 is 0 Å². The first-order valence-electron chi connectivity index (χ1n) is 2.85. The fraction of sp³-hybridized carbons (Fsp3) is 0. The summed E-state index contributed by atoms with van der Waals surface area (Å²) in [4.78, 5) is 10.2. The fourth-order valence-corrected chi connectivity index (χ4v) is 0.630. The number of hydrogen-bond donors (Lipinski definition) is 1. The number of nitrogens with zero attached hydrogens (tertiary/aromatic N) is 1. The molecule has 0 aliphatic carbocycles. The van der Waals surface area contributed by atoms with Crippen molar-refractivity contribution in [2.24, 2.45) is 5.73 Å². The molecule has 0 saturated heterocycles. The normalized spacial score (nSPS) is 8.00. The summed E-state index contributed by atoms with van der Waals surface area (Å²) in [5, 5.41) is 3.50. The molecule has 2 amide bonds. The van der Waals surface area contributed by atoms with E-state index < -0.39 is 6.03 Å². The maximum Gasteiger partial charge on any atom is 0.154 e. The summed E-state index contributed by atoms with van der Waals surface area (Å²) in [5.41, 5.74) is 5.41. The van der Waals surface area contributed by atoms with Crippen molar-refractivity contribution in [2.75, 3.05) is 0 Å². The third-order valence-corrected chi connectivity index (χ3v) is 0.995. The van der Waals surface area contributed by atoms with Crippen LogP contribution in [0, 0.1) is 0 Å². The second-order valence-electron chi connectivity index (χ2n) is 1.79. The average Bonchev–Trinajstić information content (AvgIpc) is 1.88. The predicted molar refractivity (Wildman–Crippen MR) is 39.0 cm³/mol. The fourth-order valence-electron chi connectivity index (χ4n) is 0.630. The third-order valence-electron chi connectivity index (χ3n) is 0.995. The Balaban J connectivity index is 0.000001000. The monoisotopic (exact) mass is 233 g/mol. The molecule has 0 aliphatic heterocycles. The standard InChI is InChI=1S/C7H8N2O.Mo/c8-7(10)9-6-4-2-1-3-5-6;/h1-5H,(H3,8,9,10);/p-1. The molecule has 0 bridgehead atoms. The van der Waals surface area contributed by atoms with Crippen molar-refractivity contribution >= 4 is 11.7 Å². The summed E-state index contributed by atoms with van der Waals surface area (Å²) in [5.74, 6) is 0. The number of carbonyl (C=O) groups excluding carboxylic acids is 1. The van der Waals surface area contributed by atoms with Crippen molar-refractivity contribution in [1.29, 1.82) is 0 Å². The molecule has 0 atom stereocenters. The summed E-state index contributed by atoms with van der Waals surface area (Å²) in [6.07, 6.45) is 0. The molecular formula is C7H7MoN2O-. The van der Waals surface area contributed by atoms with Crippen molar-refractivity contribution in [3.05, 3.63) is 35.6 Å². The molecule has 3 nitrogen and oxygen atoms in total. The van der Waals surface area contributed by atoms with Crippen LogP contribution < -0.4 is 5.73 Å². The Bertz CT molecular complexity index is 225. The molecule has 0 aliphatic rings. The second kappa shape index (κ2) is 4.91. The van der Waals surface area contributed by atoms with Crippen LogP contribution in [0.5, 0.6) is 0 Å². The van der Waals surface area contributed by atoms with Crippen molar-refractivity contribution in [3.8, 4) is 0 Å². The predicted octanol–water partition coefficient (Wildman–Crippen LogP) is 1.77. The minimum atomic E-state index is -0.661. The van der Waals surface area contributed by atoms with E-state index in [4.69, 9.17) is 5.73 Å². The Hall–Kier alpha value is -0.822. The van der Waals surface area contributed by atoms with Gasteiger partial charge in [0, 0.05) is 21.1 Å². The largest absolute Gasteiger partial charge is 0.462 e. The molecular weight excluding hydrogens is 224 g/mol. The molecule has 0 spiro atoms. The van der Waals surface area contributed by atoms with Crippen LogP contribution in [-0.2, 0) is 21.1 Å². The van der Waals surface area contributed by atoms with Crippen LogP contribution in [0.3, 0.4) is 0 Å². The zero-order valence-electron chi connectivity index (χ0n) is 5.73.